The van der Waals surface area contributed by atoms with Crippen LogP contribution in [0.1, 0.15) is 0 Å². The number of alkyl halides is 1. The summed E-state index contributed by atoms with van der Waals surface area (Å²) in [6.45, 7) is 0. The van der Waals surface area contributed by atoms with Gasteiger partial charge in [0, 0.05) is 0 Å². The van der Waals surface area contributed by atoms with Gasteiger partial charge in [-0.05, 0) is 11.6 Å². The highest BCUT2D eigenvalue weighted by Crippen LogP contribution is 1.80. The highest BCUT2D eigenvalue weighted by atomic mass is 35.5. The molecule has 0 aromatic heterocycles. The van der Waals surface area contributed by atoms with Crippen LogP contribution < -0.4 is 0 Å². The van der Waals surface area contributed by atoms with Gasteiger partial charge in [-0.25, -0.2) is 0 Å². The lowest BCUT2D eigenvalue weighted by molar-refractivity contribution is -0.109. The molecule has 0 amide bonds. The van der Waals surface area contributed by atoms with Gasteiger partial charge in [-0.2, -0.15) is 0 Å². The van der Waals surface area contributed by atoms with Crippen LogP contribution in [0.4, 0.5) is 0 Å². The molecule has 0 N–H and O–H groups in total. The van der Waals surface area contributed by atoms with Crippen molar-refractivity contribution in [3.8, 4) is 0 Å². The smallest absolute Gasteiger partial charge is 0.236 e. The van der Waals surface area contributed by atoms with Crippen molar-refractivity contribution < 1.29 is 4.79 Å². The second-order valence-electron chi connectivity index (χ2n) is 0.489. The second kappa shape index (κ2) is 2.49. The number of halogens is 2. The van der Waals surface area contributed by atoms with Crippen LogP contribution in [0, 0.1) is 0 Å². The zero-order valence-corrected chi connectivity index (χ0v) is 3.88. The molecule has 30 valence electrons. The Bertz CT molecular complexity index is 42.9. The van der Waals surface area contributed by atoms with E-state index in [1.54, 1.807) is 0 Å². The Balaban J connectivity index is 2.85. The van der Waals surface area contributed by atoms with E-state index in [0.29, 0.717) is 0 Å². The molecule has 1 nitrogen and oxygen atoms in total. The van der Waals surface area contributed by atoms with Crippen molar-refractivity contribution in [2.75, 3.05) is 5.88 Å². The van der Waals surface area contributed by atoms with Crippen LogP contribution in [0.2, 0.25) is 0 Å². The van der Waals surface area contributed by atoms with E-state index < -0.39 is 5.24 Å². The lowest BCUT2D eigenvalue weighted by Crippen LogP contribution is -1.81. The van der Waals surface area contributed by atoms with Gasteiger partial charge in [0.2, 0.25) is 5.24 Å². The van der Waals surface area contributed by atoms with Crippen molar-refractivity contribution in [1.29, 1.82) is 0 Å². The topological polar surface area (TPSA) is 17.1 Å². The van der Waals surface area contributed by atoms with E-state index in [9.17, 15) is 4.79 Å². The maximum Gasteiger partial charge on any atom is 0.236 e. The molecule has 0 unspecified atom stereocenters. The Morgan fingerprint density at radius 1 is 1.80 bits per heavy atom. The van der Waals surface area contributed by atoms with Crippen LogP contribution >= 0.6 is 23.2 Å². The fraction of sp³-hybridized carbons (Fsp3) is 0.500. The average molecular weight is 115 g/mol. The highest BCUT2D eigenvalue weighted by Gasteiger charge is 1.83. The van der Waals surface area contributed by atoms with Gasteiger partial charge in [0.25, 0.3) is 0 Å². The van der Waals surface area contributed by atoms with Crippen molar-refractivity contribution in [2.24, 2.45) is 0 Å². The normalized spacial score (nSPS) is 7.60. The van der Waals surface area contributed by atoms with Crippen molar-refractivity contribution in [3.05, 3.63) is 0 Å². The molecule has 0 spiro atoms. The summed E-state index contributed by atoms with van der Waals surface area (Å²) in [4.78, 5) is 9.45. The van der Waals surface area contributed by atoms with Crippen LogP contribution in [-0.2, 0) is 4.79 Å². The Kier molecular flexibility index (Phi) is 2.61. The first-order valence-electron chi connectivity index (χ1n) is 1.01. The minimum Gasteiger partial charge on any atom is -0.280 e. The molecule has 0 saturated carbocycles. The van der Waals surface area contributed by atoms with Crippen molar-refractivity contribution in [3.63, 3.8) is 0 Å². The van der Waals surface area contributed by atoms with Gasteiger partial charge >= 0.3 is 0 Å². The van der Waals surface area contributed by atoms with Crippen molar-refractivity contribution in [2.45, 2.75) is 0 Å². The Labute approximate surface area is 39.9 Å². The standard InChI is InChI=1S/C2H2Cl2O/c3-1-2(4)5/h1H2/i2+2. The summed E-state index contributed by atoms with van der Waals surface area (Å²) in [5.41, 5.74) is 0. The third-order valence-electron chi connectivity index (χ3n) is 0.105. The van der Waals surface area contributed by atoms with E-state index in [4.69, 9.17) is 23.2 Å². The monoisotopic (exact) mass is 114 g/mol. The van der Waals surface area contributed by atoms with Crippen molar-refractivity contribution >= 4 is 28.4 Å². The van der Waals surface area contributed by atoms with Crippen LogP contribution in [0.25, 0.3) is 0 Å². The summed E-state index contributed by atoms with van der Waals surface area (Å²) in [7, 11) is 0. The molecule has 0 heterocycles. The molecule has 0 aromatic rings. The predicted octanol–water partition coefficient (Wildman–Crippen LogP) is 0.991. The SMILES string of the molecule is O=[14C](Cl)CCl. The molecule has 0 radical (unpaired) electrons. The summed E-state index contributed by atoms with van der Waals surface area (Å²) in [6, 6.07) is 0. The van der Waals surface area contributed by atoms with Gasteiger partial charge in [-0.15, -0.1) is 11.6 Å². The van der Waals surface area contributed by atoms with E-state index in [-0.39, 0.29) is 5.88 Å². The summed E-state index contributed by atoms with van der Waals surface area (Å²) < 4.78 is 0. The van der Waals surface area contributed by atoms with Gasteiger partial charge in [-0.3, -0.25) is 4.79 Å². The fourth-order valence-electron chi connectivity index (χ4n) is 0. The maximum absolute atomic E-state index is 9.45. The Morgan fingerprint density at radius 2 is 2.00 bits per heavy atom. The molecule has 3 heteroatoms. The summed E-state index contributed by atoms with van der Waals surface area (Å²) in [5.74, 6) is -0.0957. The highest BCUT2D eigenvalue weighted by molar-refractivity contribution is 6.67. The van der Waals surface area contributed by atoms with Gasteiger partial charge in [0.1, 0.15) is 0 Å². The van der Waals surface area contributed by atoms with Crippen LogP contribution in [0.5, 0.6) is 0 Å². The first-order chi connectivity index (χ1) is 2.27. The quantitative estimate of drug-likeness (QED) is 0.367. The summed E-state index contributed by atoms with van der Waals surface area (Å²) in [6.07, 6.45) is 0. The third kappa shape index (κ3) is 4.25. The molecule has 0 saturated heterocycles. The zero-order chi connectivity index (χ0) is 4.28. The van der Waals surface area contributed by atoms with E-state index in [1.165, 1.54) is 0 Å². The molecule has 0 bridgehead atoms. The number of carbonyl (C=O) groups excluding carboxylic acids is 1. The summed E-state index contributed by atoms with van der Waals surface area (Å²) >= 11 is 9.55. The van der Waals surface area contributed by atoms with Crippen LogP contribution in [0.3, 0.4) is 0 Å². The number of hydrogen-bond acceptors (Lipinski definition) is 1. The molecule has 0 rings (SSSR count). The molecule has 0 aliphatic rings. The minimum atomic E-state index is -0.508. The van der Waals surface area contributed by atoms with Crippen molar-refractivity contribution in [1.82, 2.24) is 0 Å². The second-order valence-corrected chi connectivity index (χ2v) is 1.18. The molecular formula is C2H2Cl2O. The number of rotatable bonds is 1. The van der Waals surface area contributed by atoms with Gasteiger partial charge < -0.3 is 0 Å². The fourth-order valence-corrected chi connectivity index (χ4v) is 0. The van der Waals surface area contributed by atoms with Crippen LogP contribution in [-0.4, -0.2) is 11.1 Å². The third-order valence-corrected chi connectivity index (χ3v) is 0.618. The molecule has 0 aliphatic heterocycles. The van der Waals surface area contributed by atoms with Gasteiger partial charge in [0.15, 0.2) is 0 Å². The first kappa shape index (κ1) is 5.25. The van der Waals surface area contributed by atoms with Gasteiger partial charge in [0.05, 0.1) is 5.88 Å². The summed E-state index contributed by atoms with van der Waals surface area (Å²) in [5, 5.41) is -0.508. The average Bonchev–Trinajstić information content (AvgIpc) is 1.38. The largest absolute Gasteiger partial charge is 0.280 e. The van der Waals surface area contributed by atoms with E-state index in [0.717, 1.165) is 0 Å². The van der Waals surface area contributed by atoms with E-state index in [1.807, 2.05) is 0 Å². The molecule has 0 atom stereocenters. The number of hydrogen-bond donors (Lipinski definition) is 0. The van der Waals surface area contributed by atoms with E-state index in [2.05, 4.69) is 0 Å². The molecular weight excluding hydrogens is 113 g/mol. The first-order valence-corrected chi connectivity index (χ1v) is 1.93. The molecule has 0 fully saturated rings. The molecule has 0 aromatic carbocycles. The molecule has 5 heavy (non-hydrogen) atoms. The van der Waals surface area contributed by atoms with Gasteiger partial charge in [-0.1, -0.05) is 0 Å². The maximum atomic E-state index is 9.45. The van der Waals surface area contributed by atoms with Crippen LogP contribution in [0.15, 0.2) is 0 Å². The lowest BCUT2D eigenvalue weighted by Gasteiger charge is -1.65. The zero-order valence-electron chi connectivity index (χ0n) is 2.37. The Hall–Kier alpha value is 0.250. The predicted molar refractivity (Wildman–Crippen MR) is 21.6 cm³/mol. The van der Waals surface area contributed by atoms with E-state index >= 15 is 0 Å². The number of carbonyl (C=O) groups is 1. The molecule has 0 aliphatic carbocycles. The lowest BCUT2D eigenvalue weighted by atomic mass is 11.5. The Morgan fingerprint density at radius 3 is 2.00 bits per heavy atom. The minimum absolute atomic E-state index is 0.0957.